The van der Waals surface area contributed by atoms with Gasteiger partial charge in [-0.1, -0.05) is 6.92 Å². The van der Waals surface area contributed by atoms with E-state index in [9.17, 15) is 8.42 Å². The Hall–Kier alpha value is -0.430. The second kappa shape index (κ2) is 5.28. The molecule has 2 N–H and O–H groups in total. The van der Waals surface area contributed by atoms with Crippen molar-refractivity contribution in [2.24, 2.45) is 5.73 Å². The molecule has 2 rings (SSSR count). The second-order valence-electron chi connectivity index (χ2n) is 4.74. The highest BCUT2D eigenvalue weighted by Gasteiger charge is 2.40. The molecule has 1 fully saturated rings. The molecule has 2 unspecified atom stereocenters. The number of hydrogen-bond donors (Lipinski definition) is 1. The first-order valence-electron chi connectivity index (χ1n) is 6.32. The van der Waals surface area contributed by atoms with Crippen LogP contribution in [0.15, 0.2) is 16.3 Å². The van der Waals surface area contributed by atoms with Crippen LogP contribution in [0.25, 0.3) is 0 Å². The molecule has 0 bridgehead atoms. The predicted molar refractivity (Wildman–Crippen MR) is 74.0 cm³/mol. The monoisotopic (exact) mass is 288 g/mol. The zero-order valence-electron chi connectivity index (χ0n) is 10.8. The van der Waals surface area contributed by atoms with Crippen LogP contribution in [0.4, 0.5) is 0 Å². The van der Waals surface area contributed by atoms with Gasteiger partial charge in [0.25, 0.3) is 0 Å². The SMILES string of the molecule is CCC1CCC(C)N1S(=O)(=O)c1ccsc1CN. The molecular formula is C12H20N2O2S2. The summed E-state index contributed by atoms with van der Waals surface area (Å²) >= 11 is 1.41. The van der Waals surface area contributed by atoms with Crippen LogP contribution < -0.4 is 5.73 Å². The van der Waals surface area contributed by atoms with Crippen molar-refractivity contribution in [2.45, 2.75) is 56.6 Å². The fraction of sp³-hybridized carbons (Fsp3) is 0.667. The maximum absolute atomic E-state index is 12.7. The maximum Gasteiger partial charge on any atom is 0.244 e. The van der Waals surface area contributed by atoms with Crippen LogP contribution in [0.2, 0.25) is 0 Å². The molecule has 0 spiro atoms. The van der Waals surface area contributed by atoms with Gasteiger partial charge in [-0.25, -0.2) is 8.42 Å². The Bertz CT molecular complexity index is 510. The van der Waals surface area contributed by atoms with Gasteiger partial charge in [0, 0.05) is 23.5 Å². The van der Waals surface area contributed by atoms with Gasteiger partial charge in [-0.2, -0.15) is 4.31 Å². The molecule has 1 aromatic heterocycles. The van der Waals surface area contributed by atoms with E-state index in [2.05, 4.69) is 0 Å². The Morgan fingerprint density at radius 3 is 2.83 bits per heavy atom. The average Bonchev–Trinajstić information content (AvgIpc) is 2.94. The lowest BCUT2D eigenvalue weighted by Crippen LogP contribution is -2.39. The lowest BCUT2D eigenvalue weighted by atomic mass is 10.2. The van der Waals surface area contributed by atoms with Gasteiger partial charge in [0.15, 0.2) is 0 Å². The van der Waals surface area contributed by atoms with E-state index in [-0.39, 0.29) is 18.6 Å². The van der Waals surface area contributed by atoms with Gasteiger partial charge in [0.2, 0.25) is 10.0 Å². The van der Waals surface area contributed by atoms with E-state index in [4.69, 9.17) is 5.73 Å². The Morgan fingerprint density at radius 2 is 2.22 bits per heavy atom. The first-order valence-corrected chi connectivity index (χ1v) is 8.64. The van der Waals surface area contributed by atoms with Crippen LogP contribution in [-0.4, -0.2) is 24.8 Å². The summed E-state index contributed by atoms with van der Waals surface area (Å²) in [7, 11) is -3.38. The fourth-order valence-corrected chi connectivity index (χ4v) is 5.95. The van der Waals surface area contributed by atoms with Gasteiger partial charge in [0.05, 0.1) is 4.90 Å². The van der Waals surface area contributed by atoms with Crippen molar-refractivity contribution < 1.29 is 8.42 Å². The zero-order chi connectivity index (χ0) is 13.3. The summed E-state index contributed by atoms with van der Waals surface area (Å²) in [6.45, 7) is 4.32. The number of rotatable bonds is 4. The topological polar surface area (TPSA) is 63.4 Å². The smallest absolute Gasteiger partial charge is 0.244 e. The molecule has 0 amide bonds. The number of thiophene rings is 1. The van der Waals surface area contributed by atoms with Crippen LogP contribution in [0.1, 0.15) is 38.0 Å². The van der Waals surface area contributed by atoms with Crippen LogP contribution >= 0.6 is 11.3 Å². The highest BCUT2D eigenvalue weighted by molar-refractivity contribution is 7.89. The maximum atomic E-state index is 12.7. The molecule has 1 saturated heterocycles. The molecule has 2 heterocycles. The first kappa shape index (κ1) is 14.0. The standard InChI is InChI=1S/C12H20N2O2S2/c1-3-10-5-4-9(2)14(10)18(15,16)12-6-7-17-11(12)8-13/h6-7,9-10H,3-5,8,13H2,1-2H3. The highest BCUT2D eigenvalue weighted by atomic mass is 32.2. The lowest BCUT2D eigenvalue weighted by molar-refractivity contribution is 0.328. The van der Waals surface area contributed by atoms with E-state index in [1.807, 2.05) is 13.8 Å². The Kier molecular flexibility index (Phi) is 4.11. The third kappa shape index (κ3) is 2.22. The third-order valence-electron chi connectivity index (χ3n) is 3.63. The van der Waals surface area contributed by atoms with Gasteiger partial charge in [0.1, 0.15) is 0 Å². The van der Waals surface area contributed by atoms with Gasteiger partial charge in [-0.3, -0.25) is 0 Å². The number of hydrogen-bond acceptors (Lipinski definition) is 4. The molecule has 2 atom stereocenters. The Labute approximate surface area is 113 Å². The van der Waals surface area contributed by atoms with E-state index in [1.54, 1.807) is 15.8 Å². The van der Waals surface area contributed by atoms with E-state index in [0.29, 0.717) is 4.90 Å². The largest absolute Gasteiger partial charge is 0.326 e. The van der Waals surface area contributed by atoms with Crippen molar-refractivity contribution in [1.29, 1.82) is 0 Å². The van der Waals surface area contributed by atoms with Crippen molar-refractivity contribution in [3.63, 3.8) is 0 Å². The molecule has 0 saturated carbocycles. The molecule has 0 aliphatic carbocycles. The minimum atomic E-state index is -3.38. The summed E-state index contributed by atoms with van der Waals surface area (Å²) < 4.78 is 27.2. The molecule has 4 nitrogen and oxygen atoms in total. The summed E-state index contributed by atoms with van der Waals surface area (Å²) in [5, 5.41) is 1.80. The van der Waals surface area contributed by atoms with E-state index in [1.165, 1.54) is 11.3 Å². The molecule has 18 heavy (non-hydrogen) atoms. The Balaban J connectivity index is 2.42. The average molecular weight is 288 g/mol. The van der Waals surface area contributed by atoms with E-state index < -0.39 is 10.0 Å². The van der Waals surface area contributed by atoms with Crippen LogP contribution in [-0.2, 0) is 16.6 Å². The fourth-order valence-electron chi connectivity index (χ4n) is 2.69. The molecule has 0 radical (unpaired) electrons. The first-order chi connectivity index (χ1) is 8.52. The lowest BCUT2D eigenvalue weighted by Gasteiger charge is -2.27. The molecule has 1 aliphatic heterocycles. The quantitative estimate of drug-likeness (QED) is 0.923. The summed E-state index contributed by atoms with van der Waals surface area (Å²) in [6, 6.07) is 1.90. The molecule has 6 heteroatoms. The van der Waals surface area contributed by atoms with Crippen LogP contribution in [0, 0.1) is 0 Å². The predicted octanol–water partition coefficient (Wildman–Crippen LogP) is 2.16. The number of sulfonamides is 1. The van der Waals surface area contributed by atoms with Gasteiger partial charge in [-0.05, 0) is 37.6 Å². The summed E-state index contributed by atoms with van der Waals surface area (Å²) in [5.74, 6) is 0. The third-order valence-corrected chi connectivity index (χ3v) is 6.85. The molecule has 0 aromatic carbocycles. The van der Waals surface area contributed by atoms with Crippen molar-refractivity contribution in [1.82, 2.24) is 4.31 Å². The van der Waals surface area contributed by atoms with Gasteiger partial charge >= 0.3 is 0 Å². The molecular weight excluding hydrogens is 268 g/mol. The van der Waals surface area contributed by atoms with Gasteiger partial charge in [-0.15, -0.1) is 11.3 Å². The summed E-state index contributed by atoms with van der Waals surface area (Å²) in [6.07, 6.45) is 2.77. The minimum Gasteiger partial charge on any atom is -0.326 e. The van der Waals surface area contributed by atoms with E-state index in [0.717, 1.165) is 24.1 Å². The summed E-state index contributed by atoms with van der Waals surface area (Å²) in [5.41, 5.74) is 5.62. The highest BCUT2D eigenvalue weighted by Crippen LogP contribution is 2.34. The van der Waals surface area contributed by atoms with Crippen molar-refractivity contribution in [3.8, 4) is 0 Å². The van der Waals surface area contributed by atoms with Crippen molar-refractivity contribution >= 4 is 21.4 Å². The molecule has 102 valence electrons. The molecule has 1 aliphatic rings. The minimum absolute atomic E-state index is 0.0884. The van der Waals surface area contributed by atoms with Crippen LogP contribution in [0.3, 0.4) is 0 Å². The molecule has 1 aromatic rings. The van der Waals surface area contributed by atoms with Gasteiger partial charge < -0.3 is 5.73 Å². The van der Waals surface area contributed by atoms with Crippen molar-refractivity contribution in [3.05, 3.63) is 16.3 Å². The Morgan fingerprint density at radius 1 is 1.50 bits per heavy atom. The summed E-state index contributed by atoms with van der Waals surface area (Å²) in [4.78, 5) is 1.16. The second-order valence-corrected chi connectivity index (χ2v) is 7.55. The van der Waals surface area contributed by atoms with E-state index >= 15 is 0 Å². The van der Waals surface area contributed by atoms with Crippen molar-refractivity contribution in [2.75, 3.05) is 0 Å². The zero-order valence-corrected chi connectivity index (χ0v) is 12.4. The normalized spacial score (nSPS) is 25.7. The number of nitrogens with two attached hydrogens (primary N) is 1. The van der Waals surface area contributed by atoms with Crippen LogP contribution in [0.5, 0.6) is 0 Å². The number of nitrogens with zero attached hydrogens (tertiary/aromatic N) is 1.